The molecule has 3 aliphatic rings. The van der Waals surface area contributed by atoms with Crippen molar-refractivity contribution in [2.24, 2.45) is 0 Å². The first-order valence-corrected chi connectivity index (χ1v) is 13.0. The van der Waals surface area contributed by atoms with Gasteiger partial charge < -0.3 is 0 Å². The molecule has 2 heteroatoms. The first-order chi connectivity index (χ1) is 12.9. The van der Waals surface area contributed by atoms with Crippen LogP contribution in [-0.2, 0) is 19.5 Å². The Hall–Kier alpha value is 0.0134. The van der Waals surface area contributed by atoms with Crippen LogP contribution in [0.5, 0.6) is 0 Å². The van der Waals surface area contributed by atoms with Crippen LogP contribution in [0, 0.1) is 0 Å². The third kappa shape index (κ3) is 5.76. The maximum absolute atomic E-state index is 2.60. The van der Waals surface area contributed by atoms with Crippen molar-refractivity contribution in [2.75, 3.05) is 0 Å². The predicted molar refractivity (Wildman–Crippen MR) is 117 cm³/mol. The fourth-order valence-electron chi connectivity index (χ4n) is 5.86. The fourth-order valence-corrected chi connectivity index (χ4v) is 10.5. The van der Waals surface area contributed by atoms with Crippen molar-refractivity contribution in [1.29, 1.82) is 0 Å². The molecule has 0 nitrogen and oxygen atoms in total. The minimum atomic E-state index is 0. The zero-order chi connectivity index (χ0) is 17.6. The Labute approximate surface area is 181 Å². The Bertz CT molecular complexity index is 551. The number of hydrogen-bond donors (Lipinski definition) is 0. The molecule has 3 fully saturated rings. The van der Waals surface area contributed by atoms with E-state index in [2.05, 4.69) is 36.4 Å². The zero-order valence-electron chi connectivity index (χ0n) is 16.9. The summed E-state index contributed by atoms with van der Waals surface area (Å²) in [5, 5.41) is 0. The zero-order valence-corrected chi connectivity index (χ0v) is 19.5. The van der Waals surface area contributed by atoms with Crippen molar-refractivity contribution < 1.29 is 19.5 Å². The molecule has 150 valence electrons. The van der Waals surface area contributed by atoms with Gasteiger partial charge in [-0.3, -0.25) is 0 Å². The summed E-state index contributed by atoms with van der Waals surface area (Å²) in [7, 11) is 0.181. The molecule has 1 aromatic carbocycles. The first-order valence-electron chi connectivity index (χ1n) is 11.4. The second-order valence-corrected chi connectivity index (χ2v) is 11.9. The minimum absolute atomic E-state index is 0. The Balaban J connectivity index is 0.00000210. The van der Waals surface area contributed by atoms with Gasteiger partial charge in [0.05, 0.1) is 0 Å². The Morgan fingerprint density at radius 2 is 1.22 bits per heavy atom. The van der Waals surface area contributed by atoms with Gasteiger partial charge in [0.15, 0.2) is 0 Å². The molecule has 0 bridgehead atoms. The van der Waals surface area contributed by atoms with E-state index in [0.29, 0.717) is 0 Å². The van der Waals surface area contributed by atoms with Gasteiger partial charge in [-0.15, -0.1) is 0 Å². The number of rotatable bonds is 4. The summed E-state index contributed by atoms with van der Waals surface area (Å²) in [4.78, 5) is 0. The van der Waals surface area contributed by atoms with Gasteiger partial charge in [-0.2, -0.15) is 0 Å². The summed E-state index contributed by atoms with van der Waals surface area (Å²) in [6.45, 7) is 0. The molecule has 0 saturated heterocycles. The summed E-state index contributed by atoms with van der Waals surface area (Å²) >= 11 is 0. The minimum Gasteiger partial charge on any atom is -0.0930 e. The maximum atomic E-state index is 2.60. The molecule has 3 saturated carbocycles. The van der Waals surface area contributed by atoms with Crippen LogP contribution in [0.3, 0.4) is 0 Å². The number of allylic oxidation sites excluding steroid dienone is 1. The summed E-state index contributed by atoms with van der Waals surface area (Å²) in [6, 6.07) is 11.2. The van der Waals surface area contributed by atoms with Crippen LogP contribution in [0.1, 0.15) is 95.5 Å². The van der Waals surface area contributed by atoms with Gasteiger partial charge in [-0.05, 0) is 61.8 Å². The molecule has 0 spiro atoms. The van der Waals surface area contributed by atoms with Gasteiger partial charge in [0.2, 0.25) is 0 Å². The molecule has 0 radical (unpaired) electrons. The Morgan fingerprint density at radius 1 is 0.667 bits per heavy atom. The van der Waals surface area contributed by atoms with Gasteiger partial charge in [-0.25, -0.2) is 0 Å². The van der Waals surface area contributed by atoms with E-state index < -0.39 is 0 Å². The van der Waals surface area contributed by atoms with Crippen LogP contribution in [0.25, 0.3) is 6.08 Å². The van der Waals surface area contributed by atoms with E-state index in [9.17, 15) is 0 Å². The fraction of sp³-hybridized carbons (Fsp3) is 0.680. The van der Waals surface area contributed by atoms with Crippen molar-refractivity contribution in [3.63, 3.8) is 0 Å². The molecule has 3 aliphatic carbocycles. The van der Waals surface area contributed by atoms with Crippen molar-refractivity contribution in [1.82, 2.24) is 0 Å². The Morgan fingerprint density at radius 3 is 1.81 bits per heavy atom. The molecular formula is C25H37PRu. The summed E-state index contributed by atoms with van der Waals surface area (Å²) in [5.41, 5.74) is 6.40. The normalized spacial score (nSPS) is 26.9. The predicted octanol–water partition coefficient (Wildman–Crippen LogP) is 8.16. The molecule has 1 aromatic rings. The molecule has 4 rings (SSSR count). The van der Waals surface area contributed by atoms with Crippen molar-refractivity contribution >= 4 is 14.0 Å². The van der Waals surface area contributed by atoms with Crippen LogP contribution < -0.4 is 0 Å². The van der Waals surface area contributed by atoms with Gasteiger partial charge in [0.25, 0.3) is 0 Å². The van der Waals surface area contributed by atoms with Gasteiger partial charge in [-0.1, -0.05) is 94.8 Å². The molecule has 0 N–H and O–H groups in total. The van der Waals surface area contributed by atoms with Crippen molar-refractivity contribution in [3.05, 3.63) is 41.5 Å². The largest absolute Gasteiger partial charge is 0.0930 e. The van der Waals surface area contributed by atoms with Gasteiger partial charge in [0.1, 0.15) is 0 Å². The van der Waals surface area contributed by atoms with E-state index in [4.69, 9.17) is 0 Å². The average Bonchev–Trinajstić information content (AvgIpc) is 2.72. The van der Waals surface area contributed by atoms with Crippen LogP contribution in [0.2, 0.25) is 0 Å². The smallest absolute Gasteiger partial charge is 0.000889 e. The monoisotopic (exact) mass is 470 g/mol. The molecule has 1 unspecified atom stereocenters. The molecular weight excluding hydrogens is 432 g/mol. The maximum Gasteiger partial charge on any atom is 0.000889 e. The van der Waals surface area contributed by atoms with E-state index in [0.717, 1.165) is 17.0 Å². The van der Waals surface area contributed by atoms with Crippen LogP contribution in [-0.4, -0.2) is 17.0 Å². The van der Waals surface area contributed by atoms with E-state index in [1.165, 1.54) is 69.8 Å². The van der Waals surface area contributed by atoms with E-state index in [1.807, 2.05) is 5.57 Å². The molecule has 0 aromatic heterocycles. The van der Waals surface area contributed by atoms with Crippen LogP contribution in [0.15, 0.2) is 35.9 Å². The van der Waals surface area contributed by atoms with Crippen LogP contribution in [0.4, 0.5) is 0 Å². The summed E-state index contributed by atoms with van der Waals surface area (Å²) in [6.07, 6.45) is 23.7. The molecule has 27 heavy (non-hydrogen) atoms. The average molecular weight is 470 g/mol. The second kappa shape index (κ2) is 11.3. The molecule has 0 amide bonds. The summed E-state index contributed by atoms with van der Waals surface area (Å²) in [5.74, 6) is 0. The molecule has 0 aliphatic heterocycles. The van der Waals surface area contributed by atoms with Crippen molar-refractivity contribution in [2.45, 2.75) is 107 Å². The quantitative estimate of drug-likeness (QED) is 0.308. The topological polar surface area (TPSA) is 0 Å². The van der Waals surface area contributed by atoms with Crippen LogP contribution >= 0.6 is 7.92 Å². The SMILES string of the molecule is C(=C1CCCCC1P(C1CCCCC1)C1CCCCC1)c1ccccc1.[Ru]. The first kappa shape index (κ1) is 21.7. The van der Waals surface area contributed by atoms with E-state index in [-0.39, 0.29) is 27.4 Å². The van der Waals surface area contributed by atoms with E-state index in [1.54, 1.807) is 25.7 Å². The third-order valence-corrected chi connectivity index (χ3v) is 11.2. The number of benzene rings is 1. The molecule has 0 heterocycles. The van der Waals surface area contributed by atoms with Crippen molar-refractivity contribution in [3.8, 4) is 0 Å². The Kier molecular flexibility index (Phi) is 9.06. The van der Waals surface area contributed by atoms with Gasteiger partial charge in [0, 0.05) is 25.1 Å². The summed E-state index contributed by atoms with van der Waals surface area (Å²) < 4.78 is 0. The number of hydrogen-bond acceptors (Lipinski definition) is 0. The third-order valence-electron chi connectivity index (χ3n) is 7.13. The standard InChI is InChI=1S/C25H37P.Ru/c1-4-12-21(13-5-1)20-22-14-10-11-19-25(22)26(23-15-6-2-7-16-23)24-17-8-3-9-18-24;/h1,4-5,12-13,20,23-25H,2-3,6-11,14-19H2;. The molecule has 1 atom stereocenters. The van der Waals surface area contributed by atoms with E-state index >= 15 is 0 Å². The van der Waals surface area contributed by atoms with Gasteiger partial charge >= 0.3 is 0 Å². The second-order valence-electron chi connectivity index (χ2n) is 8.92.